The minimum atomic E-state index is -0.967. The Kier molecular flexibility index (Phi) is 3.53. The van der Waals surface area contributed by atoms with Crippen LogP contribution in [-0.2, 0) is 9.59 Å². The van der Waals surface area contributed by atoms with Crippen LogP contribution >= 0.6 is 0 Å². The normalized spacial score (nSPS) is 24.0. The predicted octanol–water partition coefficient (Wildman–Crippen LogP) is 2.42. The van der Waals surface area contributed by atoms with Gasteiger partial charge in [-0.05, 0) is 37.8 Å². The zero-order valence-electron chi connectivity index (χ0n) is 11.3. The number of amides is 1. The largest absolute Gasteiger partial charge is 0.487 e. The molecule has 0 saturated heterocycles. The van der Waals surface area contributed by atoms with Crippen LogP contribution in [0.4, 0.5) is 10.1 Å². The quantitative estimate of drug-likeness (QED) is 0.874. The van der Waals surface area contributed by atoms with Crippen LogP contribution in [0.3, 0.4) is 0 Å². The molecule has 1 aromatic carbocycles. The second kappa shape index (κ2) is 5.35. The van der Waals surface area contributed by atoms with Crippen molar-refractivity contribution < 1.29 is 23.8 Å². The molecule has 2 aliphatic rings. The number of carboxylic acid groups (broad SMARTS) is 1. The highest BCUT2D eigenvalue weighted by Gasteiger charge is 2.48. The van der Waals surface area contributed by atoms with Crippen molar-refractivity contribution in [1.82, 2.24) is 0 Å². The summed E-state index contributed by atoms with van der Waals surface area (Å²) >= 11 is 0. The number of halogens is 1. The number of nitrogens with one attached hydrogen (secondary N) is 1. The van der Waals surface area contributed by atoms with Gasteiger partial charge in [0.25, 0.3) is 0 Å². The maximum Gasteiger partial charge on any atom is 0.307 e. The van der Waals surface area contributed by atoms with Crippen LogP contribution in [0.25, 0.3) is 0 Å². The molecular formula is C15H16FNO4. The maximum atomic E-state index is 13.9. The van der Waals surface area contributed by atoms with Gasteiger partial charge in [0, 0.05) is 11.8 Å². The third-order valence-electron chi connectivity index (χ3n) is 3.99. The van der Waals surface area contributed by atoms with E-state index in [-0.39, 0.29) is 17.8 Å². The van der Waals surface area contributed by atoms with Gasteiger partial charge >= 0.3 is 5.97 Å². The third kappa shape index (κ3) is 2.99. The number of carbonyl (C=O) groups excluding carboxylic acids is 1. The summed E-state index contributed by atoms with van der Waals surface area (Å²) in [5.41, 5.74) is 0.314. The number of aliphatic carboxylic acids is 1. The molecular weight excluding hydrogens is 277 g/mol. The van der Waals surface area contributed by atoms with E-state index in [1.807, 2.05) is 0 Å². The lowest BCUT2D eigenvalue weighted by Crippen LogP contribution is -2.25. The summed E-state index contributed by atoms with van der Waals surface area (Å²) in [6.07, 6.45) is 3.41. The number of rotatable bonds is 5. The van der Waals surface area contributed by atoms with E-state index >= 15 is 0 Å². The standard InChI is InChI=1S/C15H16FNO4/c16-12-6-8(4-5-13(12)21-9-2-1-3-9)17-14(18)10-7-11(10)15(19)20/h4-6,9-11H,1-3,7H2,(H,17,18)(H,19,20). The van der Waals surface area contributed by atoms with Crippen molar-refractivity contribution in [3.05, 3.63) is 24.0 Å². The minimum Gasteiger partial charge on any atom is -0.487 e. The Labute approximate surface area is 121 Å². The molecule has 0 radical (unpaired) electrons. The molecule has 1 amide bonds. The van der Waals surface area contributed by atoms with Gasteiger partial charge in [0.15, 0.2) is 11.6 Å². The van der Waals surface area contributed by atoms with Gasteiger partial charge in [-0.2, -0.15) is 0 Å². The Morgan fingerprint density at radius 2 is 2.05 bits per heavy atom. The van der Waals surface area contributed by atoms with Crippen molar-refractivity contribution in [3.8, 4) is 5.75 Å². The van der Waals surface area contributed by atoms with Gasteiger partial charge in [-0.15, -0.1) is 0 Å². The van der Waals surface area contributed by atoms with Crippen LogP contribution < -0.4 is 10.1 Å². The van der Waals surface area contributed by atoms with Crippen LogP contribution in [0.15, 0.2) is 18.2 Å². The van der Waals surface area contributed by atoms with Crippen LogP contribution in [0.1, 0.15) is 25.7 Å². The van der Waals surface area contributed by atoms with Crippen LogP contribution in [0, 0.1) is 17.7 Å². The Balaban J connectivity index is 1.60. The van der Waals surface area contributed by atoms with Crippen LogP contribution in [0.2, 0.25) is 0 Å². The molecule has 0 heterocycles. The molecule has 0 aromatic heterocycles. The topological polar surface area (TPSA) is 75.6 Å². The highest BCUT2D eigenvalue weighted by molar-refractivity contribution is 5.98. The van der Waals surface area contributed by atoms with E-state index in [0.29, 0.717) is 12.1 Å². The first kappa shape index (κ1) is 13.9. The number of hydrogen-bond donors (Lipinski definition) is 2. The first-order chi connectivity index (χ1) is 10.0. The maximum absolute atomic E-state index is 13.9. The molecule has 2 unspecified atom stereocenters. The molecule has 1 aromatic rings. The van der Waals surface area contributed by atoms with Crippen molar-refractivity contribution in [1.29, 1.82) is 0 Å². The lowest BCUT2D eigenvalue weighted by molar-refractivity contribution is -0.139. The van der Waals surface area contributed by atoms with E-state index in [1.165, 1.54) is 12.1 Å². The summed E-state index contributed by atoms with van der Waals surface area (Å²) in [6, 6.07) is 4.25. The van der Waals surface area contributed by atoms with Gasteiger partial charge < -0.3 is 15.2 Å². The fourth-order valence-electron chi connectivity index (χ4n) is 2.34. The number of benzene rings is 1. The van der Waals surface area contributed by atoms with Gasteiger partial charge in [0.2, 0.25) is 5.91 Å². The van der Waals surface area contributed by atoms with E-state index in [1.54, 1.807) is 6.07 Å². The summed E-state index contributed by atoms with van der Waals surface area (Å²) in [5, 5.41) is 11.3. The lowest BCUT2D eigenvalue weighted by atomic mass is 9.96. The molecule has 2 saturated carbocycles. The van der Waals surface area contributed by atoms with Crippen molar-refractivity contribution in [2.75, 3.05) is 5.32 Å². The first-order valence-corrected chi connectivity index (χ1v) is 7.04. The molecule has 6 heteroatoms. The molecule has 0 bridgehead atoms. The highest BCUT2D eigenvalue weighted by atomic mass is 19.1. The third-order valence-corrected chi connectivity index (χ3v) is 3.99. The zero-order valence-corrected chi connectivity index (χ0v) is 11.3. The first-order valence-electron chi connectivity index (χ1n) is 7.04. The van der Waals surface area contributed by atoms with E-state index < -0.39 is 23.6 Å². The van der Waals surface area contributed by atoms with Crippen molar-refractivity contribution >= 4 is 17.6 Å². The second-order valence-electron chi connectivity index (χ2n) is 5.59. The van der Waals surface area contributed by atoms with E-state index in [2.05, 4.69) is 5.32 Å². The molecule has 2 aliphatic carbocycles. The summed E-state index contributed by atoms with van der Waals surface area (Å²) in [4.78, 5) is 22.5. The molecule has 2 N–H and O–H groups in total. The fraction of sp³-hybridized carbons (Fsp3) is 0.467. The van der Waals surface area contributed by atoms with E-state index in [0.717, 1.165) is 19.3 Å². The summed E-state index contributed by atoms with van der Waals surface area (Å²) in [7, 11) is 0. The summed E-state index contributed by atoms with van der Waals surface area (Å²) in [5.74, 6) is -2.81. The number of ether oxygens (including phenoxy) is 1. The van der Waals surface area contributed by atoms with Gasteiger partial charge in [-0.25, -0.2) is 4.39 Å². The lowest BCUT2D eigenvalue weighted by Gasteiger charge is -2.26. The van der Waals surface area contributed by atoms with Crippen LogP contribution in [-0.4, -0.2) is 23.1 Å². The van der Waals surface area contributed by atoms with Gasteiger partial charge in [0.05, 0.1) is 17.9 Å². The molecule has 3 rings (SSSR count). The number of carboxylic acids is 1. The molecule has 2 atom stereocenters. The number of anilines is 1. The minimum absolute atomic E-state index is 0.0859. The summed E-state index contributed by atoms with van der Waals surface area (Å²) < 4.78 is 19.4. The fourth-order valence-corrected chi connectivity index (χ4v) is 2.34. The molecule has 0 aliphatic heterocycles. The Hall–Kier alpha value is -2.11. The summed E-state index contributed by atoms with van der Waals surface area (Å²) in [6.45, 7) is 0. The Morgan fingerprint density at radius 3 is 2.57 bits per heavy atom. The Bertz CT molecular complexity index is 585. The highest BCUT2D eigenvalue weighted by Crippen LogP contribution is 2.39. The number of carbonyl (C=O) groups is 2. The smallest absolute Gasteiger partial charge is 0.307 e. The monoisotopic (exact) mass is 293 g/mol. The second-order valence-corrected chi connectivity index (χ2v) is 5.59. The van der Waals surface area contributed by atoms with Gasteiger partial charge in [-0.3, -0.25) is 9.59 Å². The molecule has 112 valence electrons. The zero-order chi connectivity index (χ0) is 15.0. The Morgan fingerprint density at radius 1 is 1.29 bits per heavy atom. The molecule has 2 fully saturated rings. The molecule has 0 spiro atoms. The predicted molar refractivity (Wildman–Crippen MR) is 72.5 cm³/mol. The van der Waals surface area contributed by atoms with E-state index in [4.69, 9.17) is 9.84 Å². The molecule has 5 nitrogen and oxygen atoms in total. The number of hydrogen-bond acceptors (Lipinski definition) is 3. The SMILES string of the molecule is O=C(O)C1CC1C(=O)Nc1ccc(OC2CCC2)c(F)c1. The average molecular weight is 293 g/mol. The van der Waals surface area contributed by atoms with Gasteiger partial charge in [-0.1, -0.05) is 0 Å². The van der Waals surface area contributed by atoms with Crippen molar-refractivity contribution in [2.45, 2.75) is 31.8 Å². The van der Waals surface area contributed by atoms with Crippen molar-refractivity contribution in [2.24, 2.45) is 11.8 Å². The van der Waals surface area contributed by atoms with E-state index in [9.17, 15) is 14.0 Å². The molecule has 21 heavy (non-hydrogen) atoms. The van der Waals surface area contributed by atoms with Crippen LogP contribution in [0.5, 0.6) is 5.75 Å². The average Bonchev–Trinajstić information content (AvgIpc) is 3.16. The van der Waals surface area contributed by atoms with Gasteiger partial charge in [0.1, 0.15) is 0 Å². The van der Waals surface area contributed by atoms with Crippen molar-refractivity contribution in [3.63, 3.8) is 0 Å².